The number of hydrogen-bond donors (Lipinski definition) is 0. The molecule has 0 saturated heterocycles. The summed E-state index contributed by atoms with van der Waals surface area (Å²) in [5.74, 6) is -0.386. The van der Waals surface area contributed by atoms with Gasteiger partial charge in [0, 0.05) is 6.42 Å². The summed E-state index contributed by atoms with van der Waals surface area (Å²) in [4.78, 5) is 0. The molecule has 0 heterocycles. The molecule has 0 saturated carbocycles. The highest BCUT2D eigenvalue weighted by Gasteiger charge is 2.25. The molecule has 0 N–H and O–H groups in total. The first-order chi connectivity index (χ1) is 18.5. The summed E-state index contributed by atoms with van der Waals surface area (Å²) in [6.45, 7) is 20.4. The second kappa shape index (κ2) is 24.5. The van der Waals surface area contributed by atoms with Gasteiger partial charge in [0.05, 0.1) is 13.2 Å². The number of ether oxygens (including phenoxy) is 2. The second-order valence-corrected chi connectivity index (χ2v) is 15.3. The topological polar surface area (TPSA) is 18.5 Å². The van der Waals surface area contributed by atoms with Gasteiger partial charge in [-0.1, -0.05) is 164 Å². The van der Waals surface area contributed by atoms with Gasteiger partial charge in [-0.25, -0.2) is 0 Å². The Labute approximate surface area is 248 Å². The lowest BCUT2D eigenvalue weighted by Gasteiger charge is -2.30. The van der Waals surface area contributed by atoms with Crippen LogP contribution in [-0.2, 0) is 9.47 Å². The van der Waals surface area contributed by atoms with E-state index in [1.807, 2.05) is 0 Å². The fourth-order valence-corrected chi connectivity index (χ4v) is 5.45. The van der Waals surface area contributed by atoms with Crippen molar-refractivity contribution in [3.05, 3.63) is 0 Å². The first-order valence-electron chi connectivity index (χ1n) is 17.8. The van der Waals surface area contributed by atoms with E-state index in [4.69, 9.17) is 9.47 Å². The smallest absolute Gasteiger partial charge is 0.165 e. The molecular formula is C37H76O2. The Morgan fingerprint density at radius 1 is 0.333 bits per heavy atom. The van der Waals surface area contributed by atoms with Crippen LogP contribution in [0.2, 0.25) is 0 Å². The average molecular weight is 553 g/mol. The quantitative estimate of drug-likeness (QED) is 0.0709. The molecule has 0 spiro atoms. The van der Waals surface area contributed by atoms with E-state index in [-0.39, 0.29) is 5.79 Å². The summed E-state index contributed by atoms with van der Waals surface area (Å²) in [6.07, 6.45) is 31.9. The Morgan fingerprint density at radius 3 is 0.949 bits per heavy atom. The molecule has 0 bridgehead atoms. The SMILES string of the molecule is CCCCCCCCCC(C)(OCCCCCCCCCC(C)(C)C)OCCCCCCCCCC(C)(C)C. The third-order valence-electron chi connectivity index (χ3n) is 8.19. The molecule has 236 valence electrons. The van der Waals surface area contributed by atoms with Crippen LogP contribution in [0.15, 0.2) is 0 Å². The predicted molar refractivity (Wildman–Crippen MR) is 176 cm³/mol. The minimum Gasteiger partial charge on any atom is -0.350 e. The third-order valence-corrected chi connectivity index (χ3v) is 8.19. The van der Waals surface area contributed by atoms with Gasteiger partial charge in [-0.3, -0.25) is 0 Å². The molecule has 0 aliphatic carbocycles. The second-order valence-electron chi connectivity index (χ2n) is 15.3. The van der Waals surface area contributed by atoms with Gasteiger partial charge in [0.2, 0.25) is 0 Å². The van der Waals surface area contributed by atoms with E-state index in [1.54, 1.807) is 0 Å². The van der Waals surface area contributed by atoms with Crippen LogP contribution in [0.3, 0.4) is 0 Å². The lowest BCUT2D eigenvalue weighted by atomic mass is 9.89. The van der Waals surface area contributed by atoms with Gasteiger partial charge in [0.25, 0.3) is 0 Å². The Morgan fingerprint density at radius 2 is 0.615 bits per heavy atom. The first-order valence-corrected chi connectivity index (χ1v) is 17.8. The van der Waals surface area contributed by atoms with Crippen molar-refractivity contribution < 1.29 is 9.47 Å². The Bertz CT molecular complexity index is 465. The van der Waals surface area contributed by atoms with Crippen molar-refractivity contribution in [3.63, 3.8) is 0 Å². The van der Waals surface area contributed by atoms with E-state index in [2.05, 4.69) is 55.4 Å². The van der Waals surface area contributed by atoms with E-state index < -0.39 is 0 Å². The average Bonchev–Trinajstić information content (AvgIpc) is 2.84. The van der Waals surface area contributed by atoms with Crippen molar-refractivity contribution in [3.8, 4) is 0 Å². The van der Waals surface area contributed by atoms with Gasteiger partial charge in [0.1, 0.15) is 0 Å². The maximum absolute atomic E-state index is 6.43. The van der Waals surface area contributed by atoms with Gasteiger partial charge < -0.3 is 9.47 Å². The lowest BCUT2D eigenvalue weighted by molar-refractivity contribution is -0.231. The molecule has 0 aromatic carbocycles. The zero-order valence-corrected chi connectivity index (χ0v) is 28.7. The standard InChI is InChI=1S/C37H76O2/c1-9-10-11-12-15-22-27-32-37(8,38-33-28-23-18-13-16-20-25-30-35(2,3)4)39-34-29-24-19-14-17-21-26-31-36(5,6)7/h9-34H2,1-8H3. The summed E-state index contributed by atoms with van der Waals surface area (Å²) < 4.78 is 12.9. The van der Waals surface area contributed by atoms with E-state index in [0.717, 1.165) is 19.6 Å². The zero-order valence-electron chi connectivity index (χ0n) is 28.7. The Balaban J connectivity index is 4.08. The molecule has 39 heavy (non-hydrogen) atoms. The monoisotopic (exact) mass is 553 g/mol. The molecule has 0 aliphatic heterocycles. The Kier molecular flexibility index (Phi) is 24.5. The molecular weight excluding hydrogens is 476 g/mol. The van der Waals surface area contributed by atoms with E-state index >= 15 is 0 Å². The van der Waals surface area contributed by atoms with Crippen LogP contribution < -0.4 is 0 Å². The number of unbranched alkanes of at least 4 members (excludes halogenated alkanes) is 18. The van der Waals surface area contributed by atoms with Crippen molar-refractivity contribution in [1.29, 1.82) is 0 Å². The number of hydrogen-bond acceptors (Lipinski definition) is 2. The summed E-state index contributed by atoms with van der Waals surface area (Å²) in [5, 5.41) is 0. The maximum atomic E-state index is 6.43. The summed E-state index contributed by atoms with van der Waals surface area (Å²) in [5.41, 5.74) is 0.986. The summed E-state index contributed by atoms with van der Waals surface area (Å²) in [7, 11) is 0. The van der Waals surface area contributed by atoms with Gasteiger partial charge in [-0.05, 0) is 49.9 Å². The highest BCUT2D eigenvalue weighted by Crippen LogP contribution is 2.25. The van der Waals surface area contributed by atoms with Crippen molar-refractivity contribution >= 4 is 0 Å². The van der Waals surface area contributed by atoms with E-state index in [1.165, 1.54) is 148 Å². The van der Waals surface area contributed by atoms with Crippen molar-refractivity contribution in [1.82, 2.24) is 0 Å². The molecule has 2 nitrogen and oxygen atoms in total. The maximum Gasteiger partial charge on any atom is 0.165 e. The minimum atomic E-state index is -0.386. The molecule has 0 fully saturated rings. The molecule has 0 aliphatic rings. The van der Waals surface area contributed by atoms with Crippen LogP contribution in [0.5, 0.6) is 0 Å². The molecule has 0 aromatic heterocycles. The van der Waals surface area contributed by atoms with Crippen LogP contribution in [0.1, 0.15) is 209 Å². The van der Waals surface area contributed by atoms with Crippen LogP contribution in [0, 0.1) is 10.8 Å². The fourth-order valence-electron chi connectivity index (χ4n) is 5.45. The van der Waals surface area contributed by atoms with E-state index in [0.29, 0.717) is 10.8 Å². The van der Waals surface area contributed by atoms with Gasteiger partial charge in [-0.2, -0.15) is 0 Å². The fraction of sp³-hybridized carbons (Fsp3) is 1.00. The van der Waals surface area contributed by atoms with Crippen LogP contribution in [0.25, 0.3) is 0 Å². The molecule has 0 aromatic rings. The van der Waals surface area contributed by atoms with Crippen LogP contribution in [0.4, 0.5) is 0 Å². The molecule has 0 amide bonds. The third kappa shape index (κ3) is 30.7. The molecule has 0 rings (SSSR count). The largest absolute Gasteiger partial charge is 0.350 e. The normalized spacial score (nSPS) is 12.9. The first kappa shape index (κ1) is 38.9. The van der Waals surface area contributed by atoms with Crippen molar-refractivity contribution in [2.45, 2.75) is 215 Å². The van der Waals surface area contributed by atoms with Gasteiger partial charge >= 0.3 is 0 Å². The van der Waals surface area contributed by atoms with Crippen LogP contribution >= 0.6 is 0 Å². The number of rotatable bonds is 28. The zero-order chi connectivity index (χ0) is 29.3. The molecule has 0 atom stereocenters. The molecule has 0 radical (unpaired) electrons. The minimum absolute atomic E-state index is 0.386. The highest BCUT2D eigenvalue weighted by atomic mass is 16.7. The van der Waals surface area contributed by atoms with Crippen molar-refractivity contribution in [2.75, 3.05) is 13.2 Å². The molecule has 2 heteroatoms. The van der Waals surface area contributed by atoms with Gasteiger partial charge in [-0.15, -0.1) is 0 Å². The van der Waals surface area contributed by atoms with E-state index in [9.17, 15) is 0 Å². The highest BCUT2D eigenvalue weighted by molar-refractivity contribution is 4.65. The molecule has 0 unspecified atom stereocenters. The lowest BCUT2D eigenvalue weighted by Crippen LogP contribution is -2.33. The summed E-state index contributed by atoms with van der Waals surface area (Å²) in [6, 6.07) is 0. The van der Waals surface area contributed by atoms with Crippen LogP contribution in [-0.4, -0.2) is 19.0 Å². The summed E-state index contributed by atoms with van der Waals surface area (Å²) >= 11 is 0. The Hall–Kier alpha value is -0.0800. The van der Waals surface area contributed by atoms with Gasteiger partial charge in [0.15, 0.2) is 5.79 Å². The predicted octanol–water partition coefficient (Wildman–Crippen LogP) is 13.2. The van der Waals surface area contributed by atoms with Crippen molar-refractivity contribution in [2.24, 2.45) is 10.8 Å².